The largest absolute Gasteiger partial charge is 0.328 e. The molecule has 1 atom stereocenters. The lowest BCUT2D eigenvalue weighted by Gasteiger charge is -2.28. The number of fused-ring (bicyclic) bond motifs is 1. The Balaban J connectivity index is 1.80. The Morgan fingerprint density at radius 3 is 2.82 bits per heavy atom. The molecule has 4 rings (SSSR count). The Morgan fingerprint density at radius 1 is 1.29 bits per heavy atom. The van der Waals surface area contributed by atoms with E-state index in [-0.39, 0.29) is 11.6 Å². The first-order valence-corrected chi connectivity index (χ1v) is 8.37. The number of carbonyl (C=O) groups is 1. The predicted octanol–water partition coefficient (Wildman–Crippen LogP) is 2.51. The molecule has 2 N–H and O–H groups in total. The minimum absolute atomic E-state index is 0.0655. The number of non-ortho nitro benzene ring substituents is 1. The summed E-state index contributed by atoms with van der Waals surface area (Å²) in [4.78, 5) is 31.9. The average Bonchev–Trinajstić information content (AvgIpc) is 3.15. The topological polar surface area (TPSA) is 128 Å². The van der Waals surface area contributed by atoms with Gasteiger partial charge in [-0.25, -0.2) is 4.68 Å². The molecular formula is C18H15N7O3. The summed E-state index contributed by atoms with van der Waals surface area (Å²) >= 11 is 0. The third-order valence-electron chi connectivity index (χ3n) is 4.37. The number of rotatable bonds is 4. The van der Waals surface area contributed by atoms with Crippen molar-refractivity contribution in [3.63, 3.8) is 0 Å². The molecule has 0 saturated carbocycles. The van der Waals surface area contributed by atoms with Crippen LogP contribution in [-0.2, 0) is 4.79 Å². The first kappa shape index (κ1) is 17.3. The van der Waals surface area contributed by atoms with Crippen molar-refractivity contribution in [3.8, 4) is 0 Å². The highest BCUT2D eigenvalue weighted by atomic mass is 16.6. The van der Waals surface area contributed by atoms with E-state index in [0.717, 1.165) is 0 Å². The maximum atomic E-state index is 13.1. The smallest absolute Gasteiger partial charge is 0.269 e. The first-order valence-electron chi connectivity index (χ1n) is 8.37. The summed E-state index contributed by atoms with van der Waals surface area (Å²) in [5, 5.41) is 21.3. The van der Waals surface area contributed by atoms with Crippen molar-refractivity contribution in [1.29, 1.82) is 0 Å². The third kappa shape index (κ3) is 3.07. The van der Waals surface area contributed by atoms with Gasteiger partial charge in [-0.2, -0.15) is 10.1 Å². The number of nitrogens with one attached hydrogen (secondary N) is 2. The maximum absolute atomic E-state index is 13.1. The number of nitrogens with zero attached hydrogens (tertiary/aromatic N) is 5. The van der Waals surface area contributed by atoms with Crippen LogP contribution in [0.15, 0.2) is 66.4 Å². The van der Waals surface area contributed by atoms with E-state index in [1.54, 1.807) is 43.6 Å². The van der Waals surface area contributed by atoms with E-state index < -0.39 is 11.0 Å². The Hall–Kier alpha value is -4.08. The molecule has 1 aliphatic heterocycles. The normalized spacial score (nSPS) is 15.5. The van der Waals surface area contributed by atoms with E-state index >= 15 is 0 Å². The highest BCUT2D eigenvalue weighted by Crippen LogP contribution is 2.36. The van der Waals surface area contributed by atoms with E-state index in [4.69, 9.17) is 0 Å². The van der Waals surface area contributed by atoms with Gasteiger partial charge in [0.15, 0.2) is 0 Å². The Bertz CT molecular complexity index is 1090. The van der Waals surface area contributed by atoms with Gasteiger partial charge in [-0.15, -0.1) is 0 Å². The van der Waals surface area contributed by atoms with Crippen LogP contribution in [0.5, 0.6) is 0 Å². The van der Waals surface area contributed by atoms with Gasteiger partial charge in [-0.05, 0) is 24.6 Å². The number of nitro benzene ring substituents is 1. The lowest BCUT2D eigenvalue weighted by Crippen LogP contribution is -2.31. The van der Waals surface area contributed by atoms with Crippen LogP contribution < -0.4 is 10.6 Å². The van der Waals surface area contributed by atoms with Crippen LogP contribution in [0.3, 0.4) is 0 Å². The molecule has 2 aromatic heterocycles. The summed E-state index contributed by atoms with van der Waals surface area (Å²) < 4.78 is 1.54. The fourth-order valence-corrected chi connectivity index (χ4v) is 3.14. The number of benzene rings is 1. The molecule has 10 nitrogen and oxygen atoms in total. The molecule has 0 saturated heterocycles. The monoisotopic (exact) mass is 377 g/mol. The van der Waals surface area contributed by atoms with E-state index in [9.17, 15) is 14.9 Å². The molecule has 0 aliphatic carbocycles. The van der Waals surface area contributed by atoms with Crippen molar-refractivity contribution < 1.29 is 9.72 Å². The molecule has 0 spiro atoms. The van der Waals surface area contributed by atoms with Gasteiger partial charge in [-0.3, -0.25) is 19.9 Å². The molecule has 1 aromatic carbocycles. The summed E-state index contributed by atoms with van der Waals surface area (Å²) in [7, 11) is 0. The van der Waals surface area contributed by atoms with Gasteiger partial charge < -0.3 is 10.6 Å². The van der Waals surface area contributed by atoms with E-state index in [2.05, 4.69) is 25.7 Å². The average molecular weight is 377 g/mol. The molecule has 3 aromatic rings. The van der Waals surface area contributed by atoms with Crippen LogP contribution >= 0.6 is 0 Å². The zero-order valence-corrected chi connectivity index (χ0v) is 14.7. The van der Waals surface area contributed by atoms with Gasteiger partial charge >= 0.3 is 0 Å². The number of amides is 1. The summed E-state index contributed by atoms with van der Waals surface area (Å²) in [6.07, 6.45) is 4.51. The highest BCUT2D eigenvalue weighted by molar-refractivity contribution is 6.05. The van der Waals surface area contributed by atoms with Crippen molar-refractivity contribution in [2.24, 2.45) is 0 Å². The van der Waals surface area contributed by atoms with Crippen molar-refractivity contribution >= 4 is 23.2 Å². The molecular weight excluding hydrogens is 362 g/mol. The van der Waals surface area contributed by atoms with Crippen LogP contribution in [0, 0.1) is 10.1 Å². The number of nitro groups is 1. The van der Waals surface area contributed by atoms with Crippen LogP contribution in [0.4, 0.5) is 17.3 Å². The fraction of sp³-hybridized carbons (Fsp3) is 0.111. The fourth-order valence-electron chi connectivity index (χ4n) is 3.14. The van der Waals surface area contributed by atoms with E-state index in [0.29, 0.717) is 28.5 Å². The zero-order chi connectivity index (χ0) is 19.7. The SMILES string of the molecule is CC1=C(C(=O)Nc2ccncc2)C(c2cccc([N+](=O)[O-])c2)n2ncnc2N1. The second-order valence-corrected chi connectivity index (χ2v) is 6.14. The van der Waals surface area contributed by atoms with Crippen LogP contribution in [0.25, 0.3) is 0 Å². The Kier molecular flexibility index (Phi) is 4.28. The molecule has 1 amide bonds. The summed E-state index contributed by atoms with van der Waals surface area (Å²) in [6, 6.07) is 8.83. The minimum Gasteiger partial charge on any atom is -0.328 e. The van der Waals surface area contributed by atoms with Crippen LogP contribution in [-0.4, -0.2) is 30.6 Å². The van der Waals surface area contributed by atoms with Crippen molar-refractivity contribution in [2.45, 2.75) is 13.0 Å². The number of pyridine rings is 1. The molecule has 3 heterocycles. The standard InChI is InChI=1S/C18H15N7O3/c1-11-15(17(26)23-13-5-7-19-8-6-13)16(24-18(22-11)20-10-21-24)12-3-2-4-14(9-12)25(27)28/h2-10,16H,1H3,(H,19,23,26)(H,20,21,22). The van der Waals surface area contributed by atoms with Crippen LogP contribution in [0.2, 0.25) is 0 Å². The number of aromatic nitrogens is 4. The van der Waals surface area contributed by atoms with Crippen molar-refractivity contribution in [1.82, 2.24) is 19.7 Å². The number of anilines is 2. The number of hydrogen-bond donors (Lipinski definition) is 2. The summed E-state index contributed by atoms with van der Waals surface area (Å²) in [5.74, 6) is 0.100. The lowest BCUT2D eigenvalue weighted by molar-refractivity contribution is -0.384. The minimum atomic E-state index is -0.666. The summed E-state index contributed by atoms with van der Waals surface area (Å²) in [6.45, 7) is 1.75. The van der Waals surface area contributed by atoms with Gasteiger partial charge in [0.05, 0.1) is 10.5 Å². The molecule has 0 bridgehead atoms. The van der Waals surface area contributed by atoms with Gasteiger partial charge in [0.1, 0.15) is 12.4 Å². The summed E-state index contributed by atoms with van der Waals surface area (Å²) in [5.41, 5.74) is 2.05. The second kappa shape index (κ2) is 6.91. The Labute approximate surface area is 159 Å². The van der Waals surface area contributed by atoms with Crippen LogP contribution in [0.1, 0.15) is 18.5 Å². The van der Waals surface area contributed by atoms with Gasteiger partial charge in [0.25, 0.3) is 11.6 Å². The quantitative estimate of drug-likeness (QED) is 0.528. The van der Waals surface area contributed by atoms with E-state index in [1.165, 1.54) is 23.1 Å². The van der Waals surface area contributed by atoms with Crippen molar-refractivity contribution in [2.75, 3.05) is 10.6 Å². The second-order valence-electron chi connectivity index (χ2n) is 6.14. The highest BCUT2D eigenvalue weighted by Gasteiger charge is 2.34. The lowest BCUT2D eigenvalue weighted by atomic mass is 9.94. The molecule has 0 radical (unpaired) electrons. The molecule has 140 valence electrons. The van der Waals surface area contributed by atoms with Gasteiger partial charge in [0, 0.05) is 35.9 Å². The molecule has 1 unspecified atom stereocenters. The first-order chi connectivity index (χ1) is 13.5. The maximum Gasteiger partial charge on any atom is 0.269 e. The molecule has 1 aliphatic rings. The van der Waals surface area contributed by atoms with Gasteiger partial charge in [0.2, 0.25) is 5.95 Å². The molecule has 0 fully saturated rings. The Morgan fingerprint density at radius 2 is 2.07 bits per heavy atom. The zero-order valence-electron chi connectivity index (χ0n) is 14.7. The third-order valence-corrected chi connectivity index (χ3v) is 4.37. The molecule has 28 heavy (non-hydrogen) atoms. The van der Waals surface area contributed by atoms with Crippen molar-refractivity contribution in [3.05, 3.63) is 82.1 Å². The number of allylic oxidation sites excluding steroid dienone is 1. The van der Waals surface area contributed by atoms with E-state index in [1.807, 2.05) is 0 Å². The number of carbonyl (C=O) groups excluding carboxylic acids is 1. The van der Waals surface area contributed by atoms with Gasteiger partial charge in [-0.1, -0.05) is 12.1 Å². The number of hydrogen-bond acceptors (Lipinski definition) is 7. The molecule has 10 heteroatoms. The predicted molar refractivity (Wildman–Crippen MR) is 100 cm³/mol.